The van der Waals surface area contributed by atoms with Crippen LogP contribution in [0.15, 0.2) is 78.5 Å². The molecule has 0 unspecified atom stereocenters. The van der Waals surface area contributed by atoms with Gasteiger partial charge in [-0.2, -0.15) is 0 Å². The fourth-order valence-electron chi connectivity index (χ4n) is 4.38. The maximum Gasteiger partial charge on any atom is 0.282 e. The average Bonchev–Trinajstić information content (AvgIpc) is 3.36. The standard InChI is InChI=1S/C27H23ClN2O3/c1-2-16-33-22-8-5-7-21(17-22)30-26(31)24(19-10-12-20(28)13-11-19)25(27(30)32)29-15-14-18-6-3-4-9-23(18)29/h3-13,17H,2,14-16H2,1H3. The normalized spacial score (nSPS) is 15.5. The van der Waals surface area contributed by atoms with E-state index >= 15 is 0 Å². The van der Waals surface area contributed by atoms with Crippen LogP contribution in [0.25, 0.3) is 5.57 Å². The zero-order valence-electron chi connectivity index (χ0n) is 18.3. The summed E-state index contributed by atoms with van der Waals surface area (Å²) in [4.78, 5) is 30.8. The van der Waals surface area contributed by atoms with E-state index < -0.39 is 0 Å². The van der Waals surface area contributed by atoms with Crippen molar-refractivity contribution in [3.63, 3.8) is 0 Å². The fraction of sp³-hybridized carbons (Fsp3) is 0.185. The van der Waals surface area contributed by atoms with E-state index in [1.165, 1.54) is 4.90 Å². The van der Waals surface area contributed by atoms with Crippen LogP contribution in [0.3, 0.4) is 0 Å². The van der Waals surface area contributed by atoms with Gasteiger partial charge in [0.1, 0.15) is 11.4 Å². The Balaban J connectivity index is 1.62. The highest BCUT2D eigenvalue weighted by atomic mass is 35.5. The number of carbonyl (C=O) groups excluding carboxylic acids is 2. The van der Waals surface area contributed by atoms with Gasteiger partial charge in [-0.1, -0.05) is 54.9 Å². The predicted octanol–water partition coefficient (Wildman–Crippen LogP) is 5.48. The SMILES string of the molecule is CCCOc1cccc(N2C(=O)C(c3ccc(Cl)cc3)=C(N3CCc4ccccc43)C2=O)c1. The quantitative estimate of drug-likeness (QED) is 0.459. The second-order valence-electron chi connectivity index (χ2n) is 8.05. The number of fused-ring (bicyclic) bond motifs is 1. The van der Waals surface area contributed by atoms with Gasteiger partial charge in [-0.25, -0.2) is 4.90 Å². The van der Waals surface area contributed by atoms with Crippen LogP contribution in [0, 0.1) is 0 Å². The highest BCUT2D eigenvalue weighted by molar-refractivity contribution is 6.46. The number of nitrogens with zero attached hydrogens (tertiary/aromatic N) is 2. The van der Waals surface area contributed by atoms with Crippen molar-refractivity contribution in [1.82, 2.24) is 0 Å². The van der Waals surface area contributed by atoms with Crippen LogP contribution in [-0.2, 0) is 16.0 Å². The maximum atomic E-state index is 13.8. The lowest BCUT2D eigenvalue weighted by molar-refractivity contribution is -0.120. The first-order chi connectivity index (χ1) is 16.1. The molecule has 0 aliphatic carbocycles. The zero-order chi connectivity index (χ0) is 22.9. The number of rotatable bonds is 6. The number of carbonyl (C=O) groups is 2. The monoisotopic (exact) mass is 458 g/mol. The summed E-state index contributed by atoms with van der Waals surface area (Å²) in [7, 11) is 0. The Morgan fingerprint density at radius 1 is 0.939 bits per heavy atom. The highest BCUT2D eigenvalue weighted by Crippen LogP contribution is 2.40. The summed E-state index contributed by atoms with van der Waals surface area (Å²) in [5.41, 5.74) is 4.06. The van der Waals surface area contributed by atoms with Gasteiger partial charge in [0.25, 0.3) is 11.8 Å². The molecule has 6 heteroatoms. The van der Waals surface area contributed by atoms with E-state index in [0.29, 0.717) is 46.4 Å². The van der Waals surface area contributed by atoms with Crippen LogP contribution in [0.1, 0.15) is 24.5 Å². The number of imide groups is 1. The van der Waals surface area contributed by atoms with Gasteiger partial charge in [0.2, 0.25) is 0 Å². The second-order valence-corrected chi connectivity index (χ2v) is 8.49. The summed E-state index contributed by atoms with van der Waals surface area (Å²) in [6.45, 7) is 3.23. The van der Waals surface area contributed by atoms with E-state index in [-0.39, 0.29) is 11.8 Å². The molecule has 5 nitrogen and oxygen atoms in total. The Labute approximate surface area is 197 Å². The van der Waals surface area contributed by atoms with Crippen LogP contribution in [0.2, 0.25) is 5.02 Å². The number of anilines is 2. The topological polar surface area (TPSA) is 49.9 Å². The van der Waals surface area contributed by atoms with E-state index in [0.717, 1.165) is 24.1 Å². The number of hydrogen-bond acceptors (Lipinski definition) is 4. The lowest BCUT2D eigenvalue weighted by Crippen LogP contribution is -2.34. The minimum Gasteiger partial charge on any atom is -0.494 e. The molecule has 3 aromatic rings. The third-order valence-corrected chi connectivity index (χ3v) is 6.15. The van der Waals surface area contributed by atoms with Crippen LogP contribution in [-0.4, -0.2) is 25.0 Å². The molecule has 33 heavy (non-hydrogen) atoms. The molecule has 3 aromatic carbocycles. The van der Waals surface area contributed by atoms with Crippen LogP contribution in [0.4, 0.5) is 11.4 Å². The molecule has 166 valence electrons. The molecule has 0 saturated carbocycles. The molecule has 0 fully saturated rings. The van der Waals surface area contributed by atoms with Gasteiger partial charge in [0.15, 0.2) is 0 Å². The lowest BCUT2D eigenvalue weighted by Gasteiger charge is -2.22. The molecule has 0 N–H and O–H groups in total. The summed E-state index contributed by atoms with van der Waals surface area (Å²) in [6, 6.07) is 22.2. The molecule has 2 amide bonds. The van der Waals surface area contributed by atoms with Gasteiger partial charge in [0, 0.05) is 23.3 Å². The molecule has 0 atom stereocenters. The van der Waals surface area contributed by atoms with Crippen molar-refractivity contribution in [2.24, 2.45) is 0 Å². The number of halogens is 1. The van der Waals surface area contributed by atoms with E-state index in [9.17, 15) is 9.59 Å². The smallest absolute Gasteiger partial charge is 0.282 e. The van der Waals surface area contributed by atoms with Crippen molar-refractivity contribution < 1.29 is 14.3 Å². The third kappa shape index (κ3) is 3.79. The lowest BCUT2D eigenvalue weighted by atomic mass is 10.0. The van der Waals surface area contributed by atoms with E-state index in [1.54, 1.807) is 42.5 Å². The van der Waals surface area contributed by atoms with Crippen molar-refractivity contribution in [2.75, 3.05) is 23.0 Å². The van der Waals surface area contributed by atoms with Gasteiger partial charge in [0.05, 0.1) is 17.9 Å². The number of ether oxygens (including phenoxy) is 1. The number of benzene rings is 3. The number of amides is 2. The minimum atomic E-state index is -0.352. The van der Waals surface area contributed by atoms with Crippen LogP contribution >= 0.6 is 11.6 Å². The molecule has 0 saturated heterocycles. The predicted molar refractivity (Wildman–Crippen MR) is 131 cm³/mol. The Morgan fingerprint density at radius 2 is 1.73 bits per heavy atom. The molecule has 2 aliphatic heterocycles. The van der Waals surface area contributed by atoms with Crippen molar-refractivity contribution in [3.05, 3.63) is 94.6 Å². The summed E-state index contributed by atoms with van der Waals surface area (Å²) in [5, 5.41) is 0.571. The molecule has 0 radical (unpaired) electrons. The maximum absolute atomic E-state index is 13.8. The first-order valence-corrected chi connectivity index (χ1v) is 11.4. The van der Waals surface area contributed by atoms with Gasteiger partial charge >= 0.3 is 0 Å². The van der Waals surface area contributed by atoms with Crippen LogP contribution < -0.4 is 14.5 Å². The molecular formula is C27H23ClN2O3. The number of hydrogen-bond donors (Lipinski definition) is 0. The van der Waals surface area contributed by atoms with Crippen molar-refractivity contribution in [1.29, 1.82) is 0 Å². The Kier molecular flexibility index (Phi) is 5.65. The summed E-state index contributed by atoms with van der Waals surface area (Å²) in [5.74, 6) is -0.0633. The second kappa shape index (κ2) is 8.75. The molecule has 0 bridgehead atoms. The van der Waals surface area contributed by atoms with E-state index in [4.69, 9.17) is 16.3 Å². The minimum absolute atomic E-state index is 0.339. The van der Waals surface area contributed by atoms with E-state index in [2.05, 4.69) is 6.07 Å². The van der Waals surface area contributed by atoms with Gasteiger partial charge in [-0.15, -0.1) is 0 Å². The molecule has 0 aromatic heterocycles. The molecule has 0 spiro atoms. The van der Waals surface area contributed by atoms with Gasteiger partial charge in [-0.05, 0) is 54.3 Å². The van der Waals surface area contributed by atoms with Crippen molar-refractivity contribution in [3.8, 4) is 5.75 Å². The first kappa shape index (κ1) is 21.3. The Hall–Kier alpha value is -3.57. The molecule has 5 rings (SSSR count). The Morgan fingerprint density at radius 3 is 2.52 bits per heavy atom. The van der Waals surface area contributed by atoms with Gasteiger partial charge in [-0.3, -0.25) is 9.59 Å². The fourth-order valence-corrected chi connectivity index (χ4v) is 4.51. The molecule has 2 aliphatic rings. The molecular weight excluding hydrogens is 436 g/mol. The number of para-hydroxylation sites is 1. The van der Waals surface area contributed by atoms with Crippen molar-refractivity contribution >= 4 is 40.4 Å². The van der Waals surface area contributed by atoms with Crippen molar-refractivity contribution in [2.45, 2.75) is 19.8 Å². The van der Waals surface area contributed by atoms with E-state index in [1.807, 2.05) is 36.1 Å². The molecule has 2 heterocycles. The Bertz CT molecular complexity index is 1270. The van der Waals surface area contributed by atoms with Gasteiger partial charge < -0.3 is 9.64 Å². The van der Waals surface area contributed by atoms with Crippen LogP contribution in [0.5, 0.6) is 5.75 Å². The zero-order valence-corrected chi connectivity index (χ0v) is 19.0. The highest BCUT2D eigenvalue weighted by Gasteiger charge is 2.44. The average molecular weight is 459 g/mol. The first-order valence-electron chi connectivity index (χ1n) is 11.1. The summed E-state index contributed by atoms with van der Waals surface area (Å²) < 4.78 is 5.74. The summed E-state index contributed by atoms with van der Waals surface area (Å²) in [6.07, 6.45) is 1.68. The largest absolute Gasteiger partial charge is 0.494 e. The summed E-state index contributed by atoms with van der Waals surface area (Å²) >= 11 is 6.09. The third-order valence-electron chi connectivity index (χ3n) is 5.90.